The highest BCUT2D eigenvalue weighted by molar-refractivity contribution is 7.33. The lowest BCUT2D eigenvalue weighted by Crippen LogP contribution is -2.60. The second kappa shape index (κ2) is 19.0. The van der Waals surface area contributed by atoms with Gasteiger partial charge in [0.2, 0.25) is 0 Å². The smallest absolute Gasteiger partial charge is 0.264 e. The average molecular weight is 1100 g/mol. The Kier molecular flexibility index (Phi) is 12.2. The lowest BCUT2D eigenvalue weighted by Gasteiger charge is -2.46. The summed E-state index contributed by atoms with van der Waals surface area (Å²) >= 11 is 2.04. The molecule has 14 rings (SSSR count). The number of anilines is 9. The lowest BCUT2D eigenvalue weighted by molar-refractivity contribution is 0.332. The van der Waals surface area contributed by atoms with Crippen molar-refractivity contribution < 1.29 is 0 Å². The summed E-state index contributed by atoms with van der Waals surface area (Å²) in [5.41, 5.74) is 28.0. The summed E-state index contributed by atoms with van der Waals surface area (Å²) in [4.78, 5) is 7.93. The van der Waals surface area contributed by atoms with E-state index < -0.39 is 0 Å². The number of hydrogen-bond acceptors (Lipinski definition) is 4. The van der Waals surface area contributed by atoms with E-state index in [1.54, 1.807) is 0 Å². The van der Waals surface area contributed by atoms with Crippen LogP contribution in [0.4, 0.5) is 51.2 Å². The molecule has 10 aromatic rings. The van der Waals surface area contributed by atoms with Gasteiger partial charge in [-0.25, -0.2) is 0 Å². The van der Waals surface area contributed by atoms with E-state index in [2.05, 4.69) is 293 Å². The fraction of sp³-hybridized carbons (Fsp3) is 0.282. The molecule has 0 fully saturated rings. The summed E-state index contributed by atoms with van der Waals surface area (Å²) < 4.78 is 2.77. The van der Waals surface area contributed by atoms with Gasteiger partial charge >= 0.3 is 0 Å². The van der Waals surface area contributed by atoms with Gasteiger partial charge in [0, 0.05) is 54.6 Å². The van der Waals surface area contributed by atoms with Crippen molar-refractivity contribution in [1.29, 1.82) is 0 Å². The summed E-state index contributed by atoms with van der Waals surface area (Å²) in [7, 11) is 0. The number of fused-ring (bicyclic) bond motifs is 8. The van der Waals surface area contributed by atoms with Gasteiger partial charge in [0.05, 0.1) is 17.1 Å². The maximum absolute atomic E-state index is 2.76. The molecule has 0 spiro atoms. The number of thiophene rings is 1. The van der Waals surface area contributed by atoms with Gasteiger partial charge < -0.3 is 14.7 Å². The average Bonchev–Trinajstić information content (AvgIpc) is 1.80. The molecule has 0 saturated heterocycles. The summed E-state index contributed by atoms with van der Waals surface area (Å²) in [5.74, 6) is 0. The second-order valence-corrected chi connectivity index (χ2v) is 29.6. The van der Waals surface area contributed by atoms with Crippen molar-refractivity contribution in [3.05, 3.63) is 227 Å². The molecule has 4 aliphatic rings. The minimum Gasteiger partial charge on any atom is -0.311 e. The van der Waals surface area contributed by atoms with Crippen LogP contribution in [0.1, 0.15) is 141 Å². The Labute approximate surface area is 498 Å². The third-order valence-electron chi connectivity index (χ3n) is 19.9. The van der Waals surface area contributed by atoms with Crippen molar-refractivity contribution in [2.45, 2.75) is 143 Å². The summed E-state index contributed by atoms with van der Waals surface area (Å²) in [5, 5.41) is 1.35. The number of hydrogen-bond donors (Lipinski definition) is 0. The van der Waals surface area contributed by atoms with Gasteiger partial charge in [0.25, 0.3) is 6.71 Å². The van der Waals surface area contributed by atoms with Crippen LogP contribution in [0.5, 0.6) is 0 Å². The minimum atomic E-state index is -0.0834. The van der Waals surface area contributed by atoms with E-state index in [0.29, 0.717) is 0 Å². The molecule has 414 valence electrons. The lowest BCUT2D eigenvalue weighted by atomic mass is 9.36. The number of nitrogens with zero attached hydrogens (tertiary/aromatic N) is 3. The zero-order chi connectivity index (χ0) is 57.7. The molecular weight excluding hydrogens is 1020 g/mol. The highest BCUT2D eigenvalue weighted by atomic mass is 32.1. The van der Waals surface area contributed by atoms with E-state index in [4.69, 9.17) is 0 Å². The Bertz CT molecular complexity index is 4170. The first-order valence-electron chi connectivity index (χ1n) is 30.4. The Morgan fingerprint density at radius 2 is 0.976 bits per heavy atom. The van der Waals surface area contributed by atoms with Crippen LogP contribution in [0.15, 0.2) is 188 Å². The van der Waals surface area contributed by atoms with Gasteiger partial charge in [0.15, 0.2) is 0 Å². The van der Waals surface area contributed by atoms with Crippen LogP contribution in [0.25, 0.3) is 32.3 Å². The molecule has 83 heavy (non-hydrogen) atoms. The Morgan fingerprint density at radius 1 is 0.446 bits per heavy atom. The van der Waals surface area contributed by atoms with Crippen LogP contribution < -0.4 is 30.4 Å². The molecule has 0 amide bonds. The Hall–Kier alpha value is -7.60. The first kappa shape index (κ1) is 53.4. The van der Waals surface area contributed by atoms with Gasteiger partial charge in [-0.15, -0.1) is 11.3 Å². The molecule has 5 heteroatoms. The first-order valence-corrected chi connectivity index (χ1v) is 31.3. The largest absolute Gasteiger partial charge is 0.311 e. The van der Waals surface area contributed by atoms with E-state index in [1.165, 1.54) is 128 Å². The standard InChI is InChI=1S/C78H78BN3S/c1-49-24-30-55(31-25-49)80(56-32-26-50(2)27-33-56)58-45-68-71-69(46-58)82(66-37-29-54(74(3,4)5)43-59(66)52-22-18-15-19-23-52)67-36-28-53(51-20-16-14-17-21-51)42-65(67)79(71)73-72(60-47-63-64(48-70(60)83-73)78(12,13)41-40-77(63,10)11)81(68)57-34-35-61-62(44-57)76(8,9)39-38-75(61,6)7/h14-37,42-48H,38-41H2,1-13H3. The van der Waals surface area contributed by atoms with Crippen molar-refractivity contribution in [2.75, 3.05) is 14.7 Å². The maximum atomic E-state index is 2.76. The van der Waals surface area contributed by atoms with Crippen LogP contribution in [-0.2, 0) is 27.1 Å². The molecule has 2 aliphatic heterocycles. The van der Waals surface area contributed by atoms with Crippen LogP contribution in [0.2, 0.25) is 0 Å². The van der Waals surface area contributed by atoms with Crippen molar-refractivity contribution >= 4 is 95.0 Å². The normalized spacial score (nSPS) is 16.9. The number of aryl methyl sites for hydroxylation is 2. The Balaban J connectivity index is 1.17. The predicted molar refractivity (Wildman–Crippen MR) is 360 cm³/mol. The van der Waals surface area contributed by atoms with E-state index in [9.17, 15) is 0 Å². The van der Waals surface area contributed by atoms with Crippen LogP contribution in [0.3, 0.4) is 0 Å². The van der Waals surface area contributed by atoms with Gasteiger partial charge in [-0.05, 0) is 201 Å². The van der Waals surface area contributed by atoms with Crippen molar-refractivity contribution in [1.82, 2.24) is 0 Å². The molecule has 3 heterocycles. The number of benzene rings is 9. The maximum Gasteiger partial charge on any atom is 0.264 e. The fourth-order valence-electron chi connectivity index (χ4n) is 14.6. The zero-order valence-electron chi connectivity index (χ0n) is 51.1. The highest BCUT2D eigenvalue weighted by Gasteiger charge is 2.48. The molecule has 3 nitrogen and oxygen atoms in total. The Morgan fingerprint density at radius 3 is 1.57 bits per heavy atom. The van der Waals surface area contributed by atoms with Gasteiger partial charge in [-0.1, -0.05) is 196 Å². The van der Waals surface area contributed by atoms with E-state index in [1.807, 2.05) is 11.3 Å². The van der Waals surface area contributed by atoms with Crippen molar-refractivity contribution in [3.63, 3.8) is 0 Å². The van der Waals surface area contributed by atoms with Crippen molar-refractivity contribution in [2.24, 2.45) is 0 Å². The molecule has 0 atom stereocenters. The molecule has 2 aliphatic carbocycles. The highest BCUT2D eigenvalue weighted by Crippen LogP contribution is 2.56. The minimum absolute atomic E-state index is 0.000992. The zero-order valence-corrected chi connectivity index (χ0v) is 51.9. The van der Waals surface area contributed by atoms with Crippen LogP contribution >= 0.6 is 11.3 Å². The molecule has 0 N–H and O–H groups in total. The van der Waals surface area contributed by atoms with Crippen molar-refractivity contribution in [3.8, 4) is 22.3 Å². The molecular formula is C78H78BN3S. The summed E-state index contributed by atoms with van der Waals surface area (Å²) in [6, 6.07) is 73.2. The molecule has 9 aromatic carbocycles. The second-order valence-electron chi connectivity index (χ2n) is 28.5. The summed E-state index contributed by atoms with van der Waals surface area (Å²) in [6.07, 6.45) is 4.63. The van der Waals surface area contributed by atoms with E-state index >= 15 is 0 Å². The molecule has 0 radical (unpaired) electrons. The topological polar surface area (TPSA) is 9.72 Å². The number of rotatable bonds is 7. The first-order chi connectivity index (χ1) is 39.6. The monoisotopic (exact) mass is 1100 g/mol. The van der Waals surface area contributed by atoms with Gasteiger partial charge in [-0.3, -0.25) is 0 Å². The third kappa shape index (κ3) is 8.73. The van der Waals surface area contributed by atoms with Crippen LogP contribution in [0, 0.1) is 13.8 Å². The summed E-state index contributed by atoms with van der Waals surface area (Å²) in [6.45, 7) is 31.1. The fourth-order valence-corrected chi connectivity index (χ4v) is 15.9. The molecule has 0 unspecified atom stereocenters. The SMILES string of the molecule is Cc1ccc(N(c2ccc(C)cc2)c2cc3c4c(c2)N(c2ccc5c(c2)C(C)(C)CCC5(C)C)c2c(sc5cc6c(cc25)C(C)(C)CCC6(C)C)B4c2cc(-c4ccccc4)ccc2N3c2ccc(C(C)(C)C)cc2-c2ccccc2)cc1. The quantitative estimate of drug-likeness (QED) is 0.147. The van der Waals surface area contributed by atoms with Crippen LogP contribution in [-0.4, -0.2) is 6.71 Å². The third-order valence-corrected chi connectivity index (χ3v) is 21.1. The predicted octanol–water partition coefficient (Wildman–Crippen LogP) is 20.4. The van der Waals surface area contributed by atoms with E-state index in [0.717, 1.165) is 35.6 Å². The molecule has 1 aromatic heterocycles. The molecule has 0 saturated carbocycles. The van der Waals surface area contributed by atoms with E-state index in [-0.39, 0.29) is 33.8 Å². The molecule has 0 bridgehead atoms. The van der Waals surface area contributed by atoms with Gasteiger partial charge in [0.1, 0.15) is 0 Å². The van der Waals surface area contributed by atoms with Gasteiger partial charge in [-0.2, -0.15) is 0 Å².